The highest BCUT2D eigenvalue weighted by Gasteiger charge is 2.34. The van der Waals surface area contributed by atoms with E-state index in [0.717, 1.165) is 17.8 Å². The number of carbonyl (C=O) groups is 3. The quantitative estimate of drug-likeness (QED) is 0.0892. The van der Waals surface area contributed by atoms with Gasteiger partial charge in [-0.05, 0) is 50.1 Å². The molecule has 0 fully saturated rings. The van der Waals surface area contributed by atoms with Crippen molar-refractivity contribution in [2.75, 3.05) is 29.9 Å². The molecule has 0 aromatic heterocycles. The fraction of sp³-hybridized carbons (Fsp3) is 0.241. The molecule has 0 bridgehead atoms. The summed E-state index contributed by atoms with van der Waals surface area (Å²) in [6.07, 6.45) is 1.32. The van der Waals surface area contributed by atoms with E-state index in [9.17, 15) is 29.8 Å². The number of unbranched alkanes of at least 4 members (excludes halogenated alkanes) is 1. The second-order valence-electron chi connectivity index (χ2n) is 9.37. The van der Waals surface area contributed by atoms with Crippen LogP contribution in [0.5, 0.6) is 0 Å². The lowest BCUT2D eigenvalue weighted by Gasteiger charge is -2.24. The molecule has 12 nitrogen and oxygen atoms in total. The van der Waals surface area contributed by atoms with Crippen molar-refractivity contribution in [2.24, 2.45) is 10.2 Å². The average Bonchev–Trinajstić information content (AvgIpc) is 3.21. The van der Waals surface area contributed by atoms with Gasteiger partial charge in [0.15, 0.2) is 0 Å². The van der Waals surface area contributed by atoms with Crippen LogP contribution in [0.2, 0.25) is 5.02 Å². The third-order valence-corrected chi connectivity index (χ3v) is 6.90. The highest BCUT2D eigenvalue weighted by Crippen LogP contribution is 2.37. The fourth-order valence-electron chi connectivity index (χ4n) is 4.56. The summed E-state index contributed by atoms with van der Waals surface area (Å²) < 4.78 is 0. The van der Waals surface area contributed by atoms with Crippen molar-refractivity contribution in [3.05, 3.63) is 86.4 Å². The first kappa shape index (κ1) is 29.8. The van der Waals surface area contributed by atoms with Crippen LogP contribution >= 0.6 is 11.6 Å². The van der Waals surface area contributed by atoms with Crippen LogP contribution in [-0.4, -0.2) is 47.2 Å². The predicted molar refractivity (Wildman–Crippen MR) is 157 cm³/mol. The van der Waals surface area contributed by atoms with Crippen LogP contribution in [0.1, 0.15) is 53.0 Å². The number of carbonyl (C=O) groups excluding carboxylic acids is 3. The number of nitriles is 1. The number of azo groups is 1. The third-order valence-electron chi connectivity index (χ3n) is 6.61. The highest BCUT2D eigenvalue weighted by molar-refractivity contribution is 6.33. The topological polar surface area (TPSA) is 161 Å². The molecule has 3 aromatic carbocycles. The molecule has 0 saturated heterocycles. The number of rotatable bonds is 11. The van der Waals surface area contributed by atoms with E-state index >= 15 is 0 Å². The standard InChI is InChI=1S/C29H26ClN7O5/c1-3-35(12-6-7-13-36-28(39)22-8-4-5-9-23(22)29(36)40)20-10-11-25(26(16-20)32-18(2)38)33-34-27-19(17-31)14-21(37(41)42)15-24(27)30/h4-5,8-11,14-16H,3,6-7,12-13H2,1-2H3,(H,32,38)/b34-33+. The summed E-state index contributed by atoms with van der Waals surface area (Å²) in [4.78, 5) is 50.9. The molecule has 1 N–H and O–H groups in total. The Balaban J connectivity index is 1.47. The Morgan fingerprint density at radius 2 is 1.79 bits per heavy atom. The van der Waals surface area contributed by atoms with E-state index in [1.807, 2.05) is 13.0 Å². The van der Waals surface area contributed by atoms with Gasteiger partial charge in [0.1, 0.15) is 17.4 Å². The molecule has 0 radical (unpaired) electrons. The summed E-state index contributed by atoms with van der Waals surface area (Å²) in [5.74, 6) is -0.882. The number of benzene rings is 3. The summed E-state index contributed by atoms with van der Waals surface area (Å²) in [5, 5.41) is 31.4. The zero-order valence-electron chi connectivity index (χ0n) is 22.8. The lowest BCUT2D eigenvalue weighted by molar-refractivity contribution is -0.384. The molecule has 1 heterocycles. The fourth-order valence-corrected chi connectivity index (χ4v) is 4.81. The summed E-state index contributed by atoms with van der Waals surface area (Å²) >= 11 is 6.15. The normalized spacial score (nSPS) is 12.4. The molecule has 0 saturated carbocycles. The average molecular weight is 588 g/mol. The Bertz CT molecular complexity index is 1610. The third kappa shape index (κ3) is 6.42. The summed E-state index contributed by atoms with van der Waals surface area (Å²) in [6, 6.07) is 16.0. The van der Waals surface area contributed by atoms with Crippen molar-refractivity contribution < 1.29 is 19.3 Å². The number of anilines is 2. The van der Waals surface area contributed by atoms with Gasteiger partial charge in [0, 0.05) is 44.4 Å². The zero-order valence-corrected chi connectivity index (χ0v) is 23.6. The van der Waals surface area contributed by atoms with Crippen molar-refractivity contribution in [1.82, 2.24) is 4.90 Å². The highest BCUT2D eigenvalue weighted by atomic mass is 35.5. The molecule has 3 aromatic rings. The van der Waals surface area contributed by atoms with Gasteiger partial charge < -0.3 is 10.2 Å². The first-order chi connectivity index (χ1) is 20.1. The summed E-state index contributed by atoms with van der Waals surface area (Å²) in [5.41, 5.74) is 1.82. The van der Waals surface area contributed by atoms with Gasteiger partial charge in [-0.2, -0.15) is 5.26 Å². The first-order valence-corrected chi connectivity index (χ1v) is 13.4. The van der Waals surface area contributed by atoms with E-state index in [4.69, 9.17) is 11.6 Å². The number of nitrogens with one attached hydrogen (secondary N) is 1. The van der Waals surface area contributed by atoms with Crippen molar-refractivity contribution in [3.8, 4) is 6.07 Å². The Hall–Kier alpha value is -5.15. The SMILES string of the molecule is CCN(CCCCN1C(=O)c2ccccc2C1=O)c1ccc(/N=N/c2c(Cl)cc([N+](=O)[O-])cc2C#N)c(NC(C)=O)c1. The van der Waals surface area contributed by atoms with Gasteiger partial charge in [0.2, 0.25) is 5.91 Å². The van der Waals surface area contributed by atoms with Crippen LogP contribution in [0.15, 0.2) is 64.8 Å². The lowest BCUT2D eigenvalue weighted by atomic mass is 10.1. The molecule has 0 unspecified atom stereocenters. The van der Waals surface area contributed by atoms with Crippen molar-refractivity contribution in [2.45, 2.75) is 26.7 Å². The van der Waals surface area contributed by atoms with Gasteiger partial charge in [0.25, 0.3) is 17.5 Å². The number of non-ortho nitro benzene ring substituents is 1. The van der Waals surface area contributed by atoms with Crippen molar-refractivity contribution >= 4 is 57.8 Å². The molecule has 214 valence electrons. The van der Waals surface area contributed by atoms with Gasteiger partial charge in [-0.3, -0.25) is 29.4 Å². The molecule has 3 amide bonds. The van der Waals surface area contributed by atoms with Crippen molar-refractivity contribution in [3.63, 3.8) is 0 Å². The summed E-state index contributed by atoms with van der Waals surface area (Å²) in [7, 11) is 0. The van der Waals surface area contributed by atoms with Gasteiger partial charge in [0.05, 0.1) is 32.3 Å². The second kappa shape index (κ2) is 13.0. The number of amides is 3. The maximum atomic E-state index is 12.6. The van der Waals surface area contributed by atoms with Crippen LogP contribution in [0.4, 0.5) is 28.4 Å². The Morgan fingerprint density at radius 3 is 2.38 bits per heavy atom. The van der Waals surface area contributed by atoms with E-state index < -0.39 is 4.92 Å². The number of nitrogens with zero attached hydrogens (tertiary/aromatic N) is 6. The van der Waals surface area contributed by atoms with E-state index in [1.165, 1.54) is 11.8 Å². The van der Waals surface area contributed by atoms with Crippen LogP contribution < -0.4 is 10.2 Å². The van der Waals surface area contributed by atoms with E-state index in [1.54, 1.807) is 42.5 Å². The number of nitro groups is 1. The van der Waals surface area contributed by atoms with Gasteiger partial charge in [-0.15, -0.1) is 10.2 Å². The molecule has 1 aliphatic heterocycles. The molecule has 1 aliphatic rings. The predicted octanol–water partition coefficient (Wildman–Crippen LogP) is 6.40. The minimum Gasteiger partial charge on any atom is -0.372 e. The van der Waals surface area contributed by atoms with Crippen LogP contribution in [0.25, 0.3) is 0 Å². The molecule has 0 aliphatic carbocycles. The molecule has 4 rings (SSSR count). The number of hydrogen-bond donors (Lipinski definition) is 1. The van der Waals surface area contributed by atoms with Gasteiger partial charge in [-0.25, -0.2) is 0 Å². The number of fused-ring (bicyclic) bond motifs is 1. The van der Waals surface area contributed by atoms with Crippen LogP contribution in [0.3, 0.4) is 0 Å². The molecule has 0 atom stereocenters. The van der Waals surface area contributed by atoms with Crippen LogP contribution in [-0.2, 0) is 4.79 Å². The minimum atomic E-state index is -0.661. The number of imide groups is 1. The maximum absolute atomic E-state index is 12.6. The zero-order chi connectivity index (χ0) is 30.4. The molecule has 0 spiro atoms. The second-order valence-corrected chi connectivity index (χ2v) is 9.78. The Morgan fingerprint density at radius 1 is 1.10 bits per heavy atom. The Labute approximate surface area is 246 Å². The van der Waals surface area contributed by atoms with Crippen LogP contribution in [0, 0.1) is 21.4 Å². The molecular formula is C29H26ClN7O5. The molecular weight excluding hydrogens is 562 g/mol. The van der Waals surface area contributed by atoms with Crippen molar-refractivity contribution in [1.29, 1.82) is 5.26 Å². The summed E-state index contributed by atoms with van der Waals surface area (Å²) in [6.45, 7) is 4.93. The number of hydrogen-bond acceptors (Lipinski definition) is 9. The molecule has 42 heavy (non-hydrogen) atoms. The minimum absolute atomic E-state index is 0.0316. The van der Waals surface area contributed by atoms with Gasteiger partial charge >= 0.3 is 0 Å². The molecule has 13 heteroatoms. The smallest absolute Gasteiger partial charge is 0.272 e. The van der Waals surface area contributed by atoms with Gasteiger partial charge in [-0.1, -0.05) is 23.7 Å². The van der Waals surface area contributed by atoms with E-state index in [0.29, 0.717) is 49.3 Å². The van der Waals surface area contributed by atoms with E-state index in [-0.39, 0.29) is 45.4 Å². The monoisotopic (exact) mass is 587 g/mol. The maximum Gasteiger partial charge on any atom is 0.272 e. The number of nitro benzene ring substituents is 1. The van der Waals surface area contributed by atoms with E-state index in [2.05, 4.69) is 20.4 Å². The number of halogens is 1. The first-order valence-electron chi connectivity index (χ1n) is 13.1. The largest absolute Gasteiger partial charge is 0.372 e. The Kier molecular flexibility index (Phi) is 9.24. The lowest BCUT2D eigenvalue weighted by Crippen LogP contribution is -2.31.